The van der Waals surface area contributed by atoms with Gasteiger partial charge in [-0.3, -0.25) is 4.79 Å². The van der Waals surface area contributed by atoms with Crippen LogP contribution in [0.4, 0.5) is 0 Å². The van der Waals surface area contributed by atoms with Gasteiger partial charge in [0.2, 0.25) is 5.91 Å². The summed E-state index contributed by atoms with van der Waals surface area (Å²) < 4.78 is 7.13. The van der Waals surface area contributed by atoms with E-state index >= 15 is 0 Å². The molecular formula is C29H26Cl2N4O2. The Morgan fingerprint density at radius 2 is 1.86 bits per heavy atom. The van der Waals surface area contributed by atoms with Crippen LogP contribution in [-0.4, -0.2) is 29.3 Å². The summed E-state index contributed by atoms with van der Waals surface area (Å²) in [5, 5.41) is 17.6. The van der Waals surface area contributed by atoms with Crippen molar-refractivity contribution in [3.05, 3.63) is 99.7 Å². The number of methoxy groups -OCH3 is 1. The van der Waals surface area contributed by atoms with Gasteiger partial charge in [-0.1, -0.05) is 59.1 Å². The molecule has 0 fully saturated rings. The second kappa shape index (κ2) is 12.0. The molecule has 0 aliphatic heterocycles. The van der Waals surface area contributed by atoms with Gasteiger partial charge in [0.25, 0.3) is 0 Å². The number of carbonyl (C=O) groups is 1. The van der Waals surface area contributed by atoms with Crippen molar-refractivity contribution in [3.63, 3.8) is 0 Å². The van der Waals surface area contributed by atoms with Crippen molar-refractivity contribution in [2.45, 2.75) is 25.7 Å². The Kier molecular flexibility index (Phi) is 8.50. The lowest BCUT2D eigenvalue weighted by Gasteiger charge is -2.16. The molecule has 1 heterocycles. The summed E-state index contributed by atoms with van der Waals surface area (Å²) in [5.41, 5.74) is 5.18. The van der Waals surface area contributed by atoms with Crippen LogP contribution in [0.3, 0.4) is 0 Å². The minimum absolute atomic E-state index is 0.143. The van der Waals surface area contributed by atoms with E-state index in [1.807, 2.05) is 72.3 Å². The van der Waals surface area contributed by atoms with Crippen LogP contribution in [0, 0.1) is 18.3 Å². The molecule has 1 N–H and O–H groups in total. The predicted octanol–water partition coefficient (Wildman–Crippen LogP) is 6.52. The molecule has 0 spiro atoms. The van der Waals surface area contributed by atoms with Gasteiger partial charge >= 0.3 is 0 Å². The van der Waals surface area contributed by atoms with E-state index in [4.69, 9.17) is 38.3 Å². The SMILES string of the molecule is COc1ccc(-n2nc(C[C@H](C(=O)NCCC#N)c3cccc(C)c3)cc2-c2ccc(Cl)c(Cl)c2)cc1. The van der Waals surface area contributed by atoms with Crippen molar-refractivity contribution >= 4 is 29.1 Å². The van der Waals surface area contributed by atoms with Gasteiger partial charge in [-0.05, 0) is 55.0 Å². The molecule has 1 amide bonds. The van der Waals surface area contributed by atoms with Crippen LogP contribution in [0.25, 0.3) is 16.9 Å². The van der Waals surface area contributed by atoms with Crippen molar-refractivity contribution in [2.24, 2.45) is 0 Å². The number of halogens is 2. The highest BCUT2D eigenvalue weighted by molar-refractivity contribution is 6.42. The molecule has 37 heavy (non-hydrogen) atoms. The molecule has 0 aliphatic rings. The summed E-state index contributed by atoms with van der Waals surface area (Å²) in [6, 6.07) is 24.9. The topological polar surface area (TPSA) is 79.9 Å². The van der Waals surface area contributed by atoms with Gasteiger partial charge in [-0.2, -0.15) is 10.4 Å². The van der Waals surface area contributed by atoms with Gasteiger partial charge in [-0.25, -0.2) is 4.68 Å². The van der Waals surface area contributed by atoms with Gasteiger partial charge in [-0.15, -0.1) is 0 Å². The average Bonchev–Trinajstić information content (AvgIpc) is 3.33. The van der Waals surface area contributed by atoms with Gasteiger partial charge in [0.15, 0.2) is 0 Å². The monoisotopic (exact) mass is 532 g/mol. The van der Waals surface area contributed by atoms with Gasteiger partial charge in [0.1, 0.15) is 5.75 Å². The molecule has 4 aromatic rings. The number of ether oxygens (including phenoxy) is 1. The number of amides is 1. The molecule has 0 unspecified atom stereocenters. The third-order valence-electron chi connectivity index (χ3n) is 6.00. The molecule has 0 saturated heterocycles. The lowest BCUT2D eigenvalue weighted by atomic mass is 9.92. The third-order valence-corrected chi connectivity index (χ3v) is 6.74. The number of benzene rings is 3. The highest BCUT2D eigenvalue weighted by atomic mass is 35.5. The molecule has 0 saturated carbocycles. The van der Waals surface area contributed by atoms with Gasteiger partial charge in [0, 0.05) is 18.5 Å². The zero-order valence-electron chi connectivity index (χ0n) is 20.5. The number of carbonyl (C=O) groups excluding carboxylic acids is 1. The molecule has 1 atom stereocenters. The van der Waals surface area contributed by atoms with E-state index in [0.29, 0.717) is 23.0 Å². The molecular weight excluding hydrogens is 507 g/mol. The Balaban J connectivity index is 1.76. The highest BCUT2D eigenvalue weighted by Crippen LogP contribution is 2.32. The zero-order valence-corrected chi connectivity index (χ0v) is 22.1. The van der Waals surface area contributed by atoms with Crippen LogP contribution < -0.4 is 10.1 Å². The highest BCUT2D eigenvalue weighted by Gasteiger charge is 2.24. The number of rotatable bonds is 9. The minimum atomic E-state index is -0.473. The summed E-state index contributed by atoms with van der Waals surface area (Å²) in [6.45, 7) is 2.29. The van der Waals surface area contributed by atoms with Crippen molar-refractivity contribution in [3.8, 4) is 28.8 Å². The van der Waals surface area contributed by atoms with Crippen LogP contribution >= 0.6 is 23.2 Å². The van der Waals surface area contributed by atoms with Gasteiger partial charge in [0.05, 0.1) is 52.6 Å². The van der Waals surface area contributed by atoms with E-state index in [-0.39, 0.29) is 12.3 Å². The van der Waals surface area contributed by atoms with Crippen LogP contribution in [0.1, 0.15) is 29.2 Å². The first-order chi connectivity index (χ1) is 17.9. The second-order valence-corrected chi connectivity index (χ2v) is 9.44. The molecule has 0 radical (unpaired) electrons. The maximum absolute atomic E-state index is 13.2. The number of hydrogen-bond donors (Lipinski definition) is 1. The number of aromatic nitrogens is 2. The largest absolute Gasteiger partial charge is 0.497 e. The summed E-state index contributed by atoms with van der Waals surface area (Å²) in [7, 11) is 1.62. The number of nitriles is 1. The van der Waals surface area contributed by atoms with Crippen molar-refractivity contribution in [2.75, 3.05) is 13.7 Å². The first kappa shape index (κ1) is 26.3. The standard InChI is InChI=1S/C29H26Cl2N4O2/c1-19-5-3-6-20(15-19)25(29(36)33-14-4-13-32)17-22-18-28(21-7-12-26(30)27(31)16-21)35(34-22)23-8-10-24(37-2)11-9-23/h3,5-12,15-16,18,25H,4,14,17H2,1-2H3,(H,33,36)/t25-/m0/s1. The molecule has 0 bridgehead atoms. The fraction of sp³-hybridized carbons (Fsp3) is 0.207. The van der Waals surface area contributed by atoms with Crippen LogP contribution in [0.15, 0.2) is 72.8 Å². The van der Waals surface area contributed by atoms with E-state index in [0.717, 1.165) is 39.5 Å². The quantitative estimate of drug-likeness (QED) is 0.249. The molecule has 3 aromatic carbocycles. The lowest BCUT2D eigenvalue weighted by molar-refractivity contribution is -0.122. The number of nitrogens with one attached hydrogen (secondary N) is 1. The molecule has 188 valence electrons. The number of hydrogen-bond acceptors (Lipinski definition) is 4. The summed E-state index contributed by atoms with van der Waals surface area (Å²) in [5.74, 6) is 0.121. The van der Waals surface area contributed by atoms with E-state index in [9.17, 15) is 4.79 Å². The van der Waals surface area contributed by atoms with Crippen molar-refractivity contribution in [1.82, 2.24) is 15.1 Å². The summed E-state index contributed by atoms with van der Waals surface area (Å²) in [4.78, 5) is 13.2. The fourth-order valence-electron chi connectivity index (χ4n) is 4.13. The first-order valence-corrected chi connectivity index (χ1v) is 12.5. The van der Waals surface area contributed by atoms with Crippen LogP contribution in [0.2, 0.25) is 10.0 Å². The van der Waals surface area contributed by atoms with E-state index < -0.39 is 5.92 Å². The zero-order chi connectivity index (χ0) is 26.4. The number of aryl methyl sites for hydroxylation is 1. The third kappa shape index (κ3) is 6.32. The maximum Gasteiger partial charge on any atom is 0.227 e. The second-order valence-electron chi connectivity index (χ2n) is 8.63. The van der Waals surface area contributed by atoms with Crippen molar-refractivity contribution < 1.29 is 9.53 Å². The van der Waals surface area contributed by atoms with Crippen LogP contribution in [0.5, 0.6) is 5.75 Å². The summed E-state index contributed by atoms with van der Waals surface area (Å²) in [6.07, 6.45) is 0.624. The smallest absolute Gasteiger partial charge is 0.227 e. The Bertz CT molecular complexity index is 1440. The maximum atomic E-state index is 13.2. The Labute approximate surface area is 226 Å². The Morgan fingerprint density at radius 3 is 2.54 bits per heavy atom. The minimum Gasteiger partial charge on any atom is -0.497 e. The fourth-order valence-corrected chi connectivity index (χ4v) is 4.43. The van der Waals surface area contributed by atoms with Crippen LogP contribution in [-0.2, 0) is 11.2 Å². The van der Waals surface area contributed by atoms with E-state index in [2.05, 4.69) is 11.4 Å². The van der Waals surface area contributed by atoms with E-state index in [1.54, 1.807) is 19.2 Å². The molecule has 1 aromatic heterocycles. The lowest BCUT2D eigenvalue weighted by Crippen LogP contribution is -2.31. The molecule has 6 nitrogen and oxygen atoms in total. The summed E-state index contributed by atoms with van der Waals surface area (Å²) >= 11 is 12.5. The molecule has 8 heteroatoms. The Hall–Kier alpha value is -3.79. The number of nitrogens with zero attached hydrogens (tertiary/aromatic N) is 3. The molecule has 4 rings (SSSR count). The van der Waals surface area contributed by atoms with Gasteiger partial charge < -0.3 is 10.1 Å². The van der Waals surface area contributed by atoms with Crippen molar-refractivity contribution in [1.29, 1.82) is 5.26 Å². The molecule has 0 aliphatic carbocycles. The Morgan fingerprint density at radius 1 is 1.08 bits per heavy atom. The normalized spacial score (nSPS) is 11.5. The average molecular weight is 533 g/mol. The van der Waals surface area contributed by atoms with E-state index in [1.165, 1.54) is 0 Å². The predicted molar refractivity (Wildman–Crippen MR) is 146 cm³/mol. The first-order valence-electron chi connectivity index (χ1n) is 11.8.